The highest BCUT2D eigenvalue weighted by atomic mass is 79.9. The molecular weight excluding hydrogens is 884 g/mol. The molecule has 62 heavy (non-hydrogen) atoms. The number of aliphatic imine (C=N–C) groups is 2. The summed E-state index contributed by atoms with van der Waals surface area (Å²) in [5.74, 6) is -0.855. The Kier molecular flexibility index (Phi) is 15.8. The van der Waals surface area contributed by atoms with Gasteiger partial charge in [0.1, 0.15) is 23.9 Å². The minimum absolute atomic E-state index is 0.335. The average Bonchev–Trinajstić information content (AvgIpc) is 3.95. The van der Waals surface area contributed by atoms with Crippen LogP contribution in [0.15, 0.2) is 159 Å². The highest BCUT2D eigenvalue weighted by molar-refractivity contribution is 9.11. The fraction of sp³-hybridized carbons (Fsp3) is 0.106. The molecule has 0 spiro atoms. The topological polar surface area (TPSA) is 140 Å². The van der Waals surface area contributed by atoms with Gasteiger partial charge in [-0.05, 0) is 106 Å². The fourth-order valence-electron chi connectivity index (χ4n) is 5.83. The molecule has 0 amide bonds. The summed E-state index contributed by atoms with van der Waals surface area (Å²) in [6, 6.07) is 41.7. The SMILES string of the molecule is COc1ccc(Oc2cccc(CNc3cccc(F)c3O)c2)cc1.Oc1c(F)cccc1NCC1=NCN=C1c1ccccc1.Oc1c(F)cccc1NCc1ccc(Br)s1. The Morgan fingerprint density at radius 1 is 0.581 bits per heavy atom. The molecule has 0 aliphatic carbocycles. The zero-order valence-electron chi connectivity index (χ0n) is 33.2. The van der Waals surface area contributed by atoms with Gasteiger partial charge in [0.15, 0.2) is 34.7 Å². The van der Waals surface area contributed by atoms with E-state index in [1.54, 1.807) is 54.8 Å². The lowest BCUT2D eigenvalue weighted by molar-refractivity contribution is 0.413. The van der Waals surface area contributed by atoms with E-state index in [0.717, 1.165) is 37.0 Å². The van der Waals surface area contributed by atoms with Crippen molar-refractivity contribution in [1.29, 1.82) is 0 Å². The highest BCUT2D eigenvalue weighted by Crippen LogP contribution is 2.30. The van der Waals surface area contributed by atoms with Crippen molar-refractivity contribution < 1.29 is 38.0 Å². The summed E-state index contributed by atoms with van der Waals surface area (Å²) < 4.78 is 51.6. The summed E-state index contributed by atoms with van der Waals surface area (Å²) in [7, 11) is 1.61. The Labute approximate surface area is 368 Å². The van der Waals surface area contributed by atoms with Crippen molar-refractivity contribution in [3.05, 3.63) is 183 Å². The van der Waals surface area contributed by atoms with E-state index < -0.39 is 17.5 Å². The summed E-state index contributed by atoms with van der Waals surface area (Å²) in [4.78, 5) is 9.82. The zero-order chi connectivity index (χ0) is 43.8. The maximum Gasteiger partial charge on any atom is 0.174 e. The summed E-state index contributed by atoms with van der Waals surface area (Å²) in [6.45, 7) is 1.77. The Morgan fingerprint density at radius 2 is 1.13 bits per heavy atom. The number of methoxy groups -OCH3 is 1. The first-order chi connectivity index (χ1) is 30.1. The van der Waals surface area contributed by atoms with Gasteiger partial charge < -0.3 is 40.7 Å². The van der Waals surface area contributed by atoms with E-state index in [4.69, 9.17) is 9.47 Å². The van der Waals surface area contributed by atoms with E-state index in [2.05, 4.69) is 41.9 Å². The van der Waals surface area contributed by atoms with E-state index in [9.17, 15) is 28.5 Å². The molecule has 0 unspecified atom stereocenters. The number of ether oxygens (including phenoxy) is 2. The maximum atomic E-state index is 13.3. The number of halogens is 4. The van der Waals surface area contributed by atoms with Crippen LogP contribution in [0.4, 0.5) is 30.2 Å². The van der Waals surface area contributed by atoms with Gasteiger partial charge in [0.05, 0.1) is 45.9 Å². The van der Waals surface area contributed by atoms with Crippen molar-refractivity contribution in [2.75, 3.05) is 36.3 Å². The van der Waals surface area contributed by atoms with Crippen molar-refractivity contribution >= 4 is 55.8 Å². The van der Waals surface area contributed by atoms with E-state index in [1.807, 2.05) is 91.0 Å². The molecule has 6 N–H and O–H groups in total. The van der Waals surface area contributed by atoms with Crippen LogP contribution in [-0.2, 0) is 13.1 Å². The first-order valence-corrected chi connectivity index (χ1v) is 20.6. The summed E-state index contributed by atoms with van der Waals surface area (Å²) in [5, 5.41) is 37.8. The lowest BCUT2D eigenvalue weighted by atomic mass is 10.1. The van der Waals surface area contributed by atoms with Gasteiger partial charge in [-0.15, -0.1) is 11.3 Å². The maximum absolute atomic E-state index is 13.3. The second-order valence-corrected chi connectivity index (χ2v) is 15.8. The molecule has 0 saturated carbocycles. The molecule has 8 rings (SSSR count). The number of nitrogens with one attached hydrogen (secondary N) is 3. The summed E-state index contributed by atoms with van der Waals surface area (Å²) in [5.41, 5.74) is 4.67. The molecule has 7 aromatic rings. The molecule has 0 saturated heterocycles. The van der Waals surface area contributed by atoms with Gasteiger partial charge in [0.25, 0.3) is 0 Å². The fourth-order valence-corrected chi connectivity index (χ4v) is 7.25. The van der Waals surface area contributed by atoms with Crippen LogP contribution < -0.4 is 25.4 Å². The van der Waals surface area contributed by atoms with E-state index in [1.165, 1.54) is 18.2 Å². The third-order valence-electron chi connectivity index (χ3n) is 8.98. The minimum Gasteiger partial charge on any atom is -0.503 e. The van der Waals surface area contributed by atoms with Crippen molar-refractivity contribution in [3.8, 4) is 34.5 Å². The van der Waals surface area contributed by atoms with E-state index in [0.29, 0.717) is 54.9 Å². The minimum atomic E-state index is -0.651. The third kappa shape index (κ3) is 12.5. The number of phenolic OH excluding ortho intramolecular Hbond substituents is 3. The molecule has 15 heteroatoms. The average molecular weight is 925 g/mol. The lowest BCUT2D eigenvalue weighted by Gasteiger charge is -2.11. The Bertz CT molecular complexity index is 2630. The molecule has 10 nitrogen and oxygen atoms in total. The first kappa shape index (κ1) is 44.6. The highest BCUT2D eigenvalue weighted by Gasteiger charge is 2.16. The van der Waals surface area contributed by atoms with Crippen LogP contribution in [-0.4, -0.2) is 47.1 Å². The normalized spacial score (nSPS) is 11.5. The van der Waals surface area contributed by atoms with Gasteiger partial charge in [0, 0.05) is 23.5 Å². The van der Waals surface area contributed by atoms with Crippen LogP contribution in [0.2, 0.25) is 0 Å². The number of nitrogens with zero attached hydrogens (tertiary/aromatic N) is 2. The standard InChI is InChI=1S/C20H18FNO3.C16H14FN3O.C11H9BrFNOS/c1-24-15-8-10-16(11-9-15)25-17-5-2-4-14(12-17)13-22-19-7-3-6-18(21)20(19)23;17-12-7-4-8-13(16(12)21)18-9-14-15(20-10-19-14)11-5-2-1-3-6-11;12-10-5-4-7(16-10)6-14-9-3-1-2-8(13)11(9)15/h2-12,22-23H,13H2,1H3;1-8,18,21H,9-10H2;1-5,14-15H,6H2. The number of hydrogen-bond donors (Lipinski definition) is 6. The van der Waals surface area contributed by atoms with Gasteiger partial charge in [-0.1, -0.05) is 60.7 Å². The first-order valence-electron chi connectivity index (χ1n) is 19.0. The molecule has 0 atom stereocenters. The Hall–Kier alpha value is -6.97. The molecule has 1 aliphatic heterocycles. The molecule has 6 aromatic carbocycles. The van der Waals surface area contributed by atoms with Crippen LogP contribution in [0.25, 0.3) is 0 Å². The molecule has 1 aliphatic rings. The van der Waals surface area contributed by atoms with Crippen LogP contribution >= 0.6 is 27.3 Å². The predicted octanol–water partition coefficient (Wildman–Crippen LogP) is 11.8. The summed E-state index contributed by atoms with van der Waals surface area (Å²) in [6.07, 6.45) is 0. The number of rotatable bonds is 13. The van der Waals surface area contributed by atoms with Crippen molar-refractivity contribution in [2.45, 2.75) is 13.1 Å². The van der Waals surface area contributed by atoms with E-state index >= 15 is 0 Å². The molecule has 0 bridgehead atoms. The van der Waals surface area contributed by atoms with Crippen LogP contribution in [0.3, 0.4) is 0 Å². The number of anilines is 3. The van der Waals surface area contributed by atoms with Crippen molar-refractivity contribution in [1.82, 2.24) is 0 Å². The monoisotopic (exact) mass is 923 g/mol. The van der Waals surface area contributed by atoms with Crippen LogP contribution in [0, 0.1) is 17.5 Å². The number of hydrogen-bond acceptors (Lipinski definition) is 11. The molecule has 1 aromatic heterocycles. The smallest absolute Gasteiger partial charge is 0.174 e. The number of para-hydroxylation sites is 3. The summed E-state index contributed by atoms with van der Waals surface area (Å²) >= 11 is 4.96. The Balaban J connectivity index is 0.000000159. The zero-order valence-corrected chi connectivity index (χ0v) is 35.6. The molecular formula is C47H41BrF3N5O5S. The second kappa shape index (κ2) is 22.0. The second-order valence-electron chi connectivity index (χ2n) is 13.2. The quantitative estimate of drug-likeness (QED) is 0.0629. The number of thiophene rings is 1. The lowest BCUT2D eigenvalue weighted by Crippen LogP contribution is -2.22. The van der Waals surface area contributed by atoms with Gasteiger partial charge in [-0.3, -0.25) is 9.98 Å². The molecule has 2 heterocycles. The van der Waals surface area contributed by atoms with Gasteiger partial charge in [0.2, 0.25) is 0 Å². The van der Waals surface area contributed by atoms with E-state index in [-0.39, 0.29) is 17.2 Å². The molecule has 0 fully saturated rings. The molecule has 318 valence electrons. The Morgan fingerprint density at radius 3 is 1.69 bits per heavy atom. The van der Waals surface area contributed by atoms with Crippen LogP contribution in [0.1, 0.15) is 16.0 Å². The van der Waals surface area contributed by atoms with Crippen LogP contribution in [0.5, 0.6) is 34.5 Å². The largest absolute Gasteiger partial charge is 0.503 e. The number of aromatic hydroxyl groups is 3. The van der Waals surface area contributed by atoms with Gasteiger partial charge in [-0.25, -0.2) is 13.2 Å². The van der Waals surface area contributed by atoms with Crippen molar-refractivity contribution in [3.63, 3.8) is 0 Å². The predicted molar refractivity (Wildman–Crippen MR) is 244 cm³/mol. The van der Waals surface area contributed by atoms with Gasteiger partial charge >= 0.3 is 0 Å². The van der Waals surface area contributed by atoms with Gasteiger partial charge in [-0.2, -0.15) is 0 Å². The number of benzene rings is 6. The third-order valence-corrected chi connectivity index (χ3v) is 10.6. The number of phenols is 3. The molecule has 0 radical (unpaired) electrons. The van der Waals surface area contributed by atoms with Crippen molar-refractivity contribution in [2.24, 2.45) is 9.98 Å².